The van der Waals surface area contributed by atoms with Gasteiger partial charge in [0.1, 0.15) is 5.82 Å². The maximum Gasteiger partial charge on any atom is 0.252 e. The van der Waals surface area contributed by atoms with E-state index in [4.69, 9.17) is 28.9 Å². The SMILES string of the molecule is Cn1ccc(NC(=O)[C@@H]2N[C@@H](CC(C)(C)C)[C@](N)(c3ccc(Cl)cc3F)[C@H]2C/C=C\C=C\Cl)cc1=O. The Balaban J connectivity index is 2.09. The van der Waals surface area contributed by atoms with Gasteiger partial charge < -0.3 is 20.9 Å². The molecule has 0 spiro atoms. The molecule has 194 valence electrons. The van der Waals surface area contributed by atoms with Crippen molar-refractivity contribution in [3.63, 3.8) is 0 Å². The summed E-state index contributed by atoms with van der Waals surface area (Å²) in [7, 11) is 1.63. The number of carbonyl (C=O) groups excluding carboxylic acids is 1. The van der Waals surface area contributed by atoms with Crippen molar-refractivity contribution in [3.8, 4) is 0 Å². The molecule has 0 bridgehead atoms. The Hall–Kier alpha value is -2.45. The molecule has 6 nitrogen and oxygen atoms in total. The predicted octanol–water partition coefficient (Wildman–Crippen LogP) is 5.06. The summed E-state index contributed by atoms with van der Waals surface area (Å²) in [5, 5.41) is 6.52. The quantitative estimate of drug-likeness (QED) is 0.433. The average Bonchev–Trinajstić information content (AvgIpc) is 3.04. The number of hydrogen-bond acceptors (Lipinski definition) is 4. The Labute approximate surface area is 221 Å². The summed E-state index contributed by atoms with van der Waals surface area (Å²) in [5.41, 5.74) is 7.56. The molecule has 2 heterocycles. The van der Waals surface area contributed by atoms with Crippen LogP contribution in [0.15, 0.2) is 65.1 Å². The number of rotatable bonds is 7. The highest BCUT2D eigenvalue weighted by Gasteiger charge is 2.56. The molecule has 0 radical (unpaired) electrons. The van der Waals surface area contributed by atoms with Crippen LogP contribution >= 0.6 is 23.2 Å². The molecule has 1 amide bonds. The first-order valence-electron chi connectivity index (χ1n) is 11.8. The molecular weight excluding hydrogens is 502 g/mol. The zero-order chi connectivity index (χ0) is 26.7. The fourth-order valence-corrected chi connectivity index (χ4v) is 5.10. The Morgan fingerprint density at radius 2 is 2.00 bits per heavy atom. The number of nitrogens with one attached hydrogen (secondary N) is 2. The molecule has 4 atom stereocenters. The smallest absolute Gasteiger partial charge is 0.252 e. The largest absolute Gasteiger partial charge is 0.324 e. The lowest BCUT2D eigenvalue weighted by Crippen LogP contribution is -2.53. The molecule has 1 fully saturated rings. The fraction of sp³-hybridized carbons (Fsp3) is 0.407. The summed E-state index contributed by atoms with van der Waals surface area (Å²) in [4.78, 5) is 25.6. The highest BCUT2D eigenvalue weighted by molar-refractivity contribution is 6.30. The first kappa shape index (κ1) is 28.1. The number of hydrogen-bond donors (Lipinski definition) is 3. The van der Waals surface area contributed by atoms with Crippen LogP contribution < -0.4 is 21.9 Å². The lowest BCUT2D eigenvalue weighted by molar-refractivity contribution is -0.118. The molecule has 1 saturated heterocycles. The van der Waals surface area contributed by atoms with E-state index in [-0.39, 0.29) is 21.9 Å². The number of nitrogens with zero attached hydrogens (tertiary/aromatic N) is 1. The summed E-state index contributed by atoms with van der Waals surface area (Å²) in [6.07, 6.45) is 7.83. The minimum atomic E-state index is -1.23. The van der Waals surface area contributed by atoms with Gasteiger partial charge in [-0.15, -0.1) is 0 Å². The van der Waals surface area contributed by atoms with Crippen molar-refractivity contribution in [2.75, 3.05) is 5.32 Å². The fourth-order valence-electron chi connectivity index (χ4n) is 4.85. The van der Waals surface area contributed by atoms with Crippen molar-refractivity contribution in [2.24, 2.45) is 24.1 Å². The van der Waals surface area contributed by atoms with E-state index in [1.165, 1.54) is 22.2 Å². The molecule has 9 heteroatoms. The van der Waals surface area contributed by atoms with Gasteiger partial charge in [0, 0.05) is 53.1 Å². The number of aromatic nitrogens is 1. The van der Waals surface area contributed by atoms with Crippen molar-refractivity contribution in [1.82, 2.24) is 9.88 Å². The standard InChI is InChI=1S/C27H33Cl2FN4O2/c1-26(2,3)16-22-27(31,19-10-9-17(29)14-21(19)30)20(8-6-5-7-12-28)24(33-22)25(36)32-18-11-13-34(4)23(35)15-18/h5-7,9-15,20,22,24,33H,8,16,31H2,1-4H3,(H,32,36)/b6-5-,12-7+/t20-,22-,24+,27-/m0/s1. The number of benzene rings is 1. The first-order valence-corrected chi connectivity index (χ1v) is 12.6. The van der Waals surface area contributed by atoms with Crippen molar-refractivity contribution < 1.29 is 9.18 Å². The molecule has 1 aliphatic rings. The van der Waals surface area contributed by atoms with E-state index in [0.29, 0.717) is 24.1 Å². The van der Waals surface area contributed by atoms with Gasteiger partial charge >= 0.3 is 0 Å². The molecule has 1 aliphatic heterocycles. The van der Waals surface area contributed by atoms with Crippen LogP contribution in [0.4, 0.5) is 10.1 Å². The summed E-state index contributed by atoms with van der Waals surface area (Å²) >= 11 is 11.7. The van der Waals surface area contributed by atoms with E-state index >= 15 is 4.39 Å². The number of halogens is 3. The van der Waals surface area contributed by atoms with E-state index in [2.05, 4.69) is 31.4 Å². The number of allylic oxidation sites excluding steroid dienone is 3. The Bertz CT molecular complexity index is 1220. The highest BCUT2D eigenvalue weighted by atomic mass is 35.5. The predicted molar refractivity (Wildman–Crippen MR) is 145 cm³/mol. The van der Waals surface area contributed by atoms with E-state index in [9.17, 15) is 9.59 Å². The average molecular weight is 535 g/mol. The minimum absolute atomic E-state index is 0.163. The summed E-state index contributed by atoms with van der Waals surface area (Å²) in [6.45, 7) is 6.21. The van der Waals surface area contributed by atoms with E-state index in [1.807, 2.05) is 6.08 Å². The summed E-state index contributed by atoms with van der Waals surface area (Å²) < 4.78 is 16.8. The third-order valence-electron chi connectivity index (χ3n) is 6.55. The number of anilines is 1. The van der Waals surface area contributed by atoms with E-state index < -0.39 is 29.4 Å². The Kier molecular flexibility index (Phi) is 8.83. The first-order chi connectivity index (χ1) is 16.9. The van der Waals surface area contributed by atoms with Crippen LogP contribution in [0.25, 0.3) is 0 Å². The van der Waals surface area contributed by atoms with Crippen molar-refractivity contribution >= 4 is 34.8 Å². The topological polar surface area (TPSA) is 89.2 Å². The summed E-state index contributed by atoms with van der Waals surface area (Å²) in [5.74, 6) is -1.39. The molecule has 2 aromatic rings. The van der Waals surface area contributed by atoms with Gasteiger partial charge in [-0.2, -0.15) is 0 Å². The number of carbonyl (C=O) groups is 1. The zero-order valence-corrected chi connectivity index (χ0v) is 22.4. The van der Waals surface area contributed by atoms with Crippen molar-refractivity contribution in [2.45, 2.75) is 51.2 Å². The summed E-state index contributed by atoms with van der Waals surface area (Å²) in [6, 6.07) is 6.28. The zero-order valence-electron chi connectivity index (χ0n) is 20.9. The molecule has 0 aliphatic carbocycles. The maximum atomic E-state index is 15.4. The minimum Gasteiger partial charge on any atom is -0.324 e. The number of amides is 1. The van der Waals surface area contributed by atoms with Crippen molar-refractivity contribution in [3.05, 3.63) is 87.0 Å². The van der Waals surface area contributed by atoms with Crippen LogP contribution in [0.3, 0.4) is 0 Å². The molecule has 0 saturated carbocycles. The lowest BCUT2D eigenvalue weighted by Gasteiger charge is -2.39. The van der Waals surface area contributed by atoms with Gasteiger partial charge in [-0.25, -0.2) is 4.39 Å². The van der Waals surface area contributed by atoms with Gasteiger partial charge in [-0.3, -0.25) is 9.59 Å². The van der Waals surface area contributed by atoms with Gasteiger partial charge in [0.15, 0.2) is 0 Å². The normalized spacial score (nSPS) is 24.6. The van der Waals surface area contributed by atoms with Crippen molar-refractivity contribution in [1.29, 1.82) is 0 Å². The molecule has 4 N–H and O–H groups in total. The Morgan fingerprint density at radius 1 is 1.28 bits per heavy atom. The Morgan fingerprint density at radius 3 is 2.61 bits per heavy atom. The molecule has 36 heavy (non-hydrogen) atoms. The van der Waals surface area contributed by atoms with Crippen LogP contribution in [0.2, 0.25) is 5.02 Å². The molecular formula is C27H33Cl2FN4O2. The number of aryl methyl sites for hydroxylation is 1. The van der Waals surface area contributed by atoms with Gasteiger partial charge in [-0.05, 0) is 36.5 Å². The monoisotopic (exact) mass is 534 g/mol. The lowest BCUT2D eigenvalue weighted by atomic mass is 9.69. The van der Waals surface area contributed by atoms with Gasteiger partial charge in [0.2, 0.25) is 5.91 Å². The number of pyridine rings is 1. The van der Waals surface area contributed by atoms with Crippen LogP contribution in [0, 0.1) is 17.2 Å². The molecule has 3 rings (SSSR count). The van der Waals surface area contributed by atoms with Crippen LogP contribution in [0.1, 0.15) is 39.2 Å². The van der Waals surface area contributed by atoms with Gasteiger partial charge in [0.05, 0.1) is 11.6 Å². The van der Waals surface area contributed by atoms with Crippen LogP contribution in [-0.2, 0) is 17.4 Å². The van der Waals surface area contributed by atoms with Crippen LogP contribution in [-0.4, -0.2) is 22.6 Å². The van der Waals surface area contributed by atoms with Crippen LogP contribution in [0.5, 0.6) is 0 Å². The maximum absolute atomic E-state index is 15.4. The van der Waals surface area contributed by atoms with Gasteiger partial charge in [-0.1, -0.05) is 68.3 Å². The second-order valence-electron chi connectivity index (χ2n) is 10.5. The second-order valence-corrected chi connectivity index (χ2v) is 11.1. The van der Waals surface area contributed by atoms with Gasteiger partial charge in [0.25, 0.3) is 5.56 Å². The second kappa shape index (κ2) is 11.3. The van der Waals surface area contributed by atoms with E-state index in [0.717, 1.165) is 0 Å². The highest BCUT2D eigenvalue weighted by Crippen LogP contribution is 2.45. The molecule has 1 aromatic heterocycles. The third kappa shape index (κ3) is 6.27. The van der Waals surface area contributed by atoms with E-state index in [1.54, 1.807) is 43.6 Å². The number of nitrogens with two attached hydrogens (primary N) is 1. The molecule has 0 unspecified atom stereocenters. The third-order valence-corrected chi connectivity index (χ3v) is 6.93. The molecule has 1 aromatic carbocycles.